The fourth-order valence-corrected chi connectivity index (χ4v) is 1.24. The first-order valence-electron chi connectivity index (χ1n) is 3.52. The molecule has 1 atom stereocenters. The van der Waals surface area contributed by atoms with E-state index in [-0.39, 0.29) is 18.0 Å². The van der Waals surface area contributed by atoms with Crippen molar-refractivity contribution in [2.24, 2.45) is 5.73 Å². The summed E-state index contributed by atoms with van der Waals surface area (Å²) in [4.78, 5) is 0. The molecule has 0 aliphatic carbocycles. The molecule has 0 amide bonds. The van der Waals surface area contributed by atoms with Gasteiger partial charge in [0.25, 0.3) is 0 Å². The van der Waals surface area contributed by atoms with Crippen LogP contribution in [0.25, 0.3) is 0 Å². The fourth-order valence-electron chi connectivity index (χ4n) is 1.24. The van der Waals surface area contributed by atoms with Gasteiger partial charge in [-0.05, 0) is 26.7 Å². The molecule has 1 fully saturated rings. The molecule has 2 N–H and O–H groups in total. The van der Waals surface area contributed by atoms with Gasteiger partial charge >= 0.3 is 0 Å². The van der Waals surface area contributed by atoms with Crippen LogP contribution in [0.1, 0.15) is 26.7 Å². The van der Waals surface area contributed by atoms with E-state index in [1.54, 1.807) is 0 Å². The summed E-state index contributed by atoms with van der Waals surface area (Å²) in [6, 6.07) is 0. The summed E-state index contributed by atoms with van der Waals surface area (Å²) in [5, 5.41) is 0. The lowest BCUT2D eigenvalue weighted by molar-refractivity contribution is -0.0108. The highest BCUT2D eigenvalue weighted by atomic mass is 35.5. The van der Waals surface area contributed by atoms with E-state index in [1.807, 2.05) is 0 Å². The Hall–Kier alpha value is 0.210. The number of nitrogens with two attached hydrogens (primary N) is 1. The Bertz CT molecular complexity index is 106. The summed E-state index contributed by atoms with van der Waals surface area (Å²) < 4.78 is 5.57. The topological polar surface area (TPSA) is 35.2 Å². The lowest BCUT2D eigenvalue weighted by atomic mass is 10.1. The molecule has 3 heteroatoms. The van der Waals surface area contributed by atoms with Crippen molar-refractivity contribution in [3.63, 3.8) is 0 Å². The minimum absolute atomic E-state index is 0. The molecule has 0 spiro atoms. The first-order valence-corrected chi connectivity index (χ1v) is 3.52. The highest BCUT2D eigenvalue weighted by Crippen LogP contribution is 2.28. The predicted octanol–water partition coefficient (Wildman–Crippen LogP) is 1.32. The van der Waals surface area contributed by atoms with Crippen LogP contribution >= 0.6 is 12.4 Å². The lowest BCUT2D eigenvalue weighted by Gasteiger charge is -2.17. The zero-order valence-corrected chi connectivity index (χ0v) is 7.41. The average molecular weight is 166 g/mol. The monoisotopic (exact) mass is 165 g/mol. The van der Waals surface area contributed by atoms with Crippen molar-refractivity contribution in [2.75, 3.05) is 6.54 Å². The number of rotatable bonds is 1. The first-order chi connectivity index (χ1) is 4.14. The lowest BCUT2D eigenvalue weighted by Crippen LogP contribution is -2.24. The van der Waals surface area contributed by atoms with Crippen LogP contribution in [0, 0.1) is 0 Å². The van der Waals surface area contributed by atoms with Gasteiger partial charge in [-0.25, -0.2) is 0 Å². The third-order valence-corrected chi connectivity index (χ3v) is 1.82. The number of halogens is 1. The van der Waals surface area contributed by atoms with Gasteiger partial charge in [0.2, 0.25) is 0 Å². The Morgan fingerprint density at radius 1 is 1.60 bits per heavy atom. The summed E-state index contributed by atoms with van der Waals surface area (Å²) in [7, 11) is 0. The standard InChI is InChI=1S/C7H15NO.ClH/c1-7(2)4-3-6(5-8)9-7;/h6H,3-5,8H2,1-2H3;1H. The van der Waals surface area contributed by atoms with Gasteiger partial charge < -0.3 is 10.5 Å². The fraction of sp³-hybridized carbons (Fsp3) is 1.00. The molecular weight excluding hydrogens is 150 g/mol. The van der Waals surface area contributed by atoms with Crippen LogP contribution in [0.3, 0.4) is 0 Å². The van der Waals surface area contributed by atoms with Gasteiger partial charge in [-0.15, -0.1) is 12.4 Å². The molecule has 0 aromatic carbocycles. The van der Waals surface area contributed by atoms with Crippen LogP contribution in [-0.2, 0) is 4.74 Å². The first kappa shape index (κ1) is 10.2. The quantitative estimate of drug-likeness (QED) is 0.636. The molecule has 1 rings (SSSR count). The van der Waals surface area contributed by atoms with Crippen molar-refractivity contribution in [1.82, 2.24) is 0 Å². The van der Waals surface area contributed by atoms with Gasteiger partial charge in [0.1, 0.15) is 0 Å². The minimum Gasteiger partial charge on any atom is -0.371 e. The van der Waals surface area contributed by atoms with Gasteiger partial charge in [-0.1, -0.05) is 0 Å². The molecule has 1 aliphatic rings. The molecule has 10 heavy (non-hydrogen) atoms. The van der Waals surface area contributed by atoms with Crippen LogP contribution < -0.4 is 5.73 Å². The van der Waals surface area contributed by atoms with Crippen molar-refractivity contribution >= 4 is 12.4 Å². The van der Waals surface area contributed by atoms with E-state index in [9.17, 15) is 0 Å². The maximum atomic E-state index is 5.57. The molecular formula is C7H16ClNO. The predicted molar refractivity (Wildman–Crippen MR) is 44.5 cm³/mol. The Kier molecular flexibility index (Phi) is 3.63. The molecule has 1 aliphatic heterocycles. The van der Waals surface area contributed by atoms with E-state index in [4.69, 9.17) is 10.5 Å². The second kappa shape index (κ2) is 3.56. The Morgan fingerprint density at radius 3 is 2.40 bits per heavy atom. The Morgan fingerprint density at radius 2 is 2.20 bits per heavy atom. The minimum atomic E-state index is 0. The maximum absolute atomic E-state index is 5.57. The highest BCUT2D eigenvalue weighted by molar-refractivity contribution is 5.85. The summed E-state index contributed by atoms with van der Waals surface area (Å²) in [5.74, 6) is 0. The Labute approximate surface area is 68.5 Å². The normalized spacial score (nSPS) is 29.7. The molecule has 0 bridgehead atoms. The van der Waals surface area contributed by atoms with Crippen LogP contribution in [0.4, 0.5) is 0 Å². The number of hydrogen-bond donors (Lipinski definition) is 1. The smallest absolute Gasteiger partial charge is 0.0705 e. The molecule has 0 radical (unpaired) electrons. The van der Waals surface area contributed by atoms with Gasteiger partial charge in [0.15, 0.2) is 0 Å². The van der Waals surface area contributed by atoms with Crippen molar-refractivity contribution < 1.29 is 4.74 Å². The zero-order valence-electron chi connectivity index (χ0n) is 6.59. The molecule has 1 unspecified atom stereocenters. The third-order valence-electron chi connectivity index (χ3n) is 1.82. The van der Waals surface area contributed by atoms with E-state index >= 15 is 0 Å². The van der Waals surface area contributed by atoms with Crippen molar-refractivity contribution in [2.45, 2.75) is 38.4 Å². The summed E-state index contributed by atoms with van der Waals surface area (Å²) >= 11 is 0. The molecule has 62 valence electrons. The van der Waals surface area contributed by atoms with E-state index in [1.165, 1.54) is 0 Å². The van der Waals surface area contributed by atoms with Crippen molar-refractivity contribution in [3.8, 4) is 0 Å². The summed E-state index contributed by atoms with van der Waals surface area (Å²) in [6.07, 6.45) is 2.60. The van der Waals surface area contributed by atoms with Crippen molar-refractivity contribution in [3.05, 3.63) is 0 Å². The third kappa shape index (κ3) is 2.45. The number of ether oxygens (including phenoxy) is 1. The molecule has 1 saturated heterocycles. The van der Waals surface area contributed by atoms with E-state index in [2.05, 4.69) is 13.8 Å². The van der Waals surface area contributed by atoms with Crippen LogP contribution in [0.2, 0.25) is 0 Å². The number of hydrogen-bond acceptors (Lipinski definition) is 2. The van der Waals surface area contributed by atoms with Gasteiger partial charge in [-0.2, -0.15) is 0 Å². The summed E-state index contributed by atoms with van der Waals surface area (Å²) in [5.41, 5.74) is 5.52. The molecule has 2 nitrogen and oxygen atoms in total. The van der Waals surface area contributed by atoms with Gasteiger partial charge in [0.05, 0.1) is 11.7 Å². The second-order valence-electron chi connectivity index (χ2n) is 3.27. The van der Waals surface area contributed by atoms with Gasteiger partial charge in [-0.3, -0.25) is 0 Å². The molecule has 0 aromatic heterocycles. The van der Waals surface area contributed by atoms with Crippen molar-refractivity contribution in [1.29, 1.82) is 0 Å². The van der Waals surface area contributed by atoms with E-state index in [0.29, 0.717) is 12.6 Å². The van der Waals surface area contributed by atoms with E-state index in [0.717, 1.165) is 12.8 Å². The Balaban J connectivity index is 0.000000810. The largest absolute Gasteiger partial charge is 0.371 e. The van der Waals surface area contributed by atoms with Crippen LogP contribution in [-0.4, -0.2) is 18.2 Å². The zero-order chi connectivity index (χ0) is 6.91. The van der Waals surface area contributed by atoms with Crippen LogP contribution in [0.15, 0.2) is 0 Å². The maximum Gasteiger partial charge on any atom is 0.0705 e. The summed E-state index contributed by atoms with van der Waals surface area (Å²) in [6.45, 7) is 4.90. The molecule has 0 aromatic rings. The van der Waals surface area contributed by atoms with Gasteiger partial charge in [0, 0.05) is 6.54 Å². The highest BCUT2D eigenvalue weighted by Gasteiger charge is 2.30. The molecule has 0 saturated carbocycles. The van der Waals surface area contributed by atoms with Crippen LogP contribution in [0.5, 0.6) is 0 Å². The second-order valence-corrected chi connectivity index (χ2v) is 3.27. The molecule has 1 heterocycles. The average Bonchev–Trinajstić information content (AvgIpc) is 2.10. The van der Waals surface area contributed by atoms with E-state index < -0.39 is 0 Å². The SMILES string of the molecule is CC1(C)CCC(CN)O1.Cl.